The van der Waals surface area contributed by atoms with E-state index in [1.807, 2.05) is 0 Å². The summed E-state index contributed by atoms with van der Waals surface area (Å²) in [6.45, 7) is 17.9. The van der Waals surface area contributed by atoms with Crippen molar-refractivity contribution in [1.29, 1.82) is 0 Å². The number of allylic oxidation sites excluding steroid dienone is 5. The Kier molecular flexibility index (Phi) is 15.1. The Hall–Kier alpha value is -2.36. The molecule has 168 valence electrons. The lowest BCUT2D eigenvalue weighted by Gasteiger charge is -2.19. The summed E-state index contributed by atoms with van der Waals surface area (Å²) in [6.07, 6.45) is 15.9. The first kappa shape index (κ1) is 27.6. The van der Waals surface area contributed by atoms with Crippen LogP contribution in [-0.2, 0) is 9.59 Å². The summed E-state index contributed by atoms with van der Waals surface area (Å²) < 4.78 is 0. The van der Waals surface area contributed by atoms with Crippen molar-refractivity contribution < 1.29 is 19.8 Å². The summed E-state index contributed by atoms with van der Waals surface area (Å²) in [7, 11) is 0. The molecule has 0 N–H and O–H groups in total. The number of unbranched alkanes of at least 4 members (excludes halogenated alkanes) is 9. The normalized spacial score (nSPS) is 11.9. The van der Waals surface area contributed by atoms with Crippen LogP contribution >= 0.6 is 0 Å². The predicted octanol–water partition coefficient (Wildman–Crippen LogP) is 4.58. The van der Waals surface area contributed by atoms with E-state index < -0.39 is 24.3 Å². The highest BCUT2D eigenvalue weighted by atomic mass is 16.4. The third kappa shape index (κ3) is 13.0. The van der Waals surface area contributed by atoms with Gasteiger partial charge in [-0.1, -0.05) is 103 Å². The van der Waals surface area contributed by atoms with Crippen LogP contribution in [0.4, 0.5) is 0 Å². The van der Waals surface area contributed by atoms with Crippen LogP contribution in [0.25, 0.3) is 0 Å². The van der Waals surface area contributed by atoms with Crippen LogP contribution < -0.4 is 10.2 Å². The van der Waals surface area contributed by atoms with Gasteiger partial charge in [0.15, 0.2) is 0 Å². The zero-order valence-electron chi connectivity index (χ0n) is 18.7. The van der Waals surface area contributed by atoms with Crippen molar-refractivity contribution in [2.45, 2.75) is 84.0 Å². The molecular formula is C26H38O4-2. The Morgan fingerprint density at radius 1 is 0.800 bits per heavy atom. The van der Waals surface area contributed by atoms with Gasteiger partial charge in [-0.3, -0.25) is 0 Å². The van der Waals surface area contributed by atoms with Gasteiger partial charge in [-0.05, 0) is 41.6 Å². The number of carbonyl (C=O) groups excluding carboxylic acids is 2. The summed E-state index contributed by atoms with van der Waals surface area (Å²) in [5.74, 6) is -4.29. The van der Waals surface area contributed by atoms with Crippen molar-refractivity contribution in [1.82, 2.24) is 0 Å². The summed E-state index contributed by atoms with van der Waals surface area (Å²) in [6, 6.07) is 0. The lowest BCUT2D eigenvalue weighted by atomic mass is 9.93. The molecule has 0 rings (SSSR count). The second-order valence-corrected chi connectivity index (χ2v) is 7.90. The van der Waals surface area contributed by atoms with Gasteiger partial charge in [-0.2, -0.15) is 0 Å². The molecule has 0 saturated carbocycles. The van der Waals surface area contributed by atoms with E-state index in [0.29, 0.717) is 11.1 Å². The summed E-state index contributed by atoms with van der Waals surface area (Å²) >= 11 is 0. The van der Waals surface area contributed by atoms with Gasteiger partial charge in [0.05, 0.1) is 0 Å². The molecule has 0 saturated heterocycles. The maximum Gasteiger partial charge on any atom is 0.0492 e. The van der Waals surface area contributed by atoms with E-state index in [2.05, 4.69) is 33.2 Å². The van der Waals surface area contributed by atoms with E-state index in [-0.39, 0.29) is 5.57 Å². The van der Waals surface area contributed by atoms with E-state index in [1.54, 1.807) is 6.08 Å². The number of hydrogen-bond donors (Lipinski definition) is 0. The van der Waals surface area contributed by atoms with Crippen LogP contribution in [0.5, 0.6) is 0 Å². The first-order valence-corrected chi connectivity index (χ1v) is 11.0. The molecule has 0 aliphatic rings. The molecule has 0 heterocycles. The Balaban J connectivity index is 4.20. The average Bonchev–Trinajstić information content (AvgIpc) is 2.70. The molecule has 4 heteroatoms. The lowest BCUT2D eigenvalue weighted by Crippen LogP contribution is -2.36. The minimum atomic E-state index is -1.50. The van der Waals surface area contributed by atoms with Crippen molar-refractivity contribution in [3.63, 3.8) is 0 Å². The van der Waals surface area contributed by atoms with E-state index in [0.717, 1.165) is 24.8 Å². The number of aliphatic carboxylic acids is 2. The standard InChI is InChI=1S/C26H40O4/c1-6-7-8-9-10-11-12-13-14-15-16-20(2)23(5)21(3)17-18-22(4)24(26(29)30)19-25(27)28/h17-18,24H,2-16,19H2,1H3,(H,27,28)(H,29,30)/p-2/b18-17+. The summed E-state index contributed by atoms with van der Waals surface area (Å²) in [5.41, 5.74) is 2.33. The topological polar surface area (TPSA) is 80.3 Å². The van der Waals surface area contributed by atoms with Crippen molar-refractivity contribution >= 4 is 11.9 Å². The first-order valence-electron chi connectivity index (χ1n) is 11.0. The molecule has 4 nitrogen and oxygen atoms in total. The Bertz CT molecular complexity index is 639. The highest BCUT2D eigenvalue weighted by Crippen LogP contribution is 2.23. The van der Waals surface area contributed by atoms with Crippen LogP contribution in [0.1, 0.15) is 84.0 Å². The minimum Gasteiger partial charge on any atom is -0.550 e. The Labute approximate surface area is 182 Å². The van der Waals surface area contributed by atoms with Crippen LogP contribution in [0.15, 0.2) is 60.8 Å². The average molecular weight is 415 g/mol. The Morgan fingerprint density at radius 2 is 1.30 bits per heavy atom. The predicted molar refractivity (Wildman–Crippen MR) is 120 cm³/mol. The molecule has 0 bridgehead atoms. The molecular weight excluding hydrogens is 376 g/mol. The zero-order valence-corrected chi connectivity index (χ0v) is 18.7. The molecule has 0 radical (unpaired) electrons. The van der Waals surface area contributed by atoms with Crippen LogP contribution in [-0.4, -0.2) is 11.9 Å². The number of hydrogen-bond acceptors (Lipinski definition) is 4. The van der Waals surface area contributed by atoms with Gasteiger partial charge in [-0.25, -0.2) is 0 Å². The molecule has 1 atom stereocenters. The van der Waals surface area contributed by atoms with E-state index in [9.17, 15) is 19.8 Å². The van der Waals surface area contributed by atoms with Gasteiger partial charge >= 0.3 is 0 Å². The quantitative estimate of drug-likeness (QED) is 0.229. The van der Waals surface area contributed by atoms with Gasteiger partial charge in [0.1, 0.15) is 0 Å². The second kappa shape index (κ2) is 16.4. The number of carbonyl (C=O) groups is 2. The van der Waals surface area contributed by atoms with Gasteiger partial charge in [0.2, 0.25) is 0 Å². The minimum absolute atomic E-state index is 0.119. The smallest absolute Gasteiger partial charge is 0.0492 e. The maximum atomic E-state index is 11.1. The SMILES string of the molecule is C=C(/C=C/C(=C)C(CC(=O)[O-])C(=O)[O-])C(=C)C(=C)CCCCCCCCCCCC. The summed E-state index contributed by atoms with van der Waals surface area (Å²) in [4.78, 5) is 21.8. The van der Waals surface area contributed by atoms with E-state index in [1.165, 1.54) is 57.4 Å². The number of rotatable bonds is 19. The molecule has 30 heavy (non-hydrogen) atoms. The molecule has 0 aliphatic heterocycles. The Morgan fingerprint density at radius 3 is 1.77 bits per heavy atom. The fourth-order valence-electron chi connectivity index (χ4n) is 3.16. The zero-order chi connectivity index (χ0) is 22.9. The second-order valence-electron chi connectivity index (χ2n) is 7.90. The van der Waals surface area contributed by atoms with Gasteiger partial charge < -0.3 is 19.8 Å². The van der Waals surface area contributed by atoms with Crippen LogP contribution in [0, 0.1) is 5.92 Å². The molecule has 0 aromatic rings. The maximum absolute atomic E-state index is 11.1. The van der Waals surface area contributed by atoms with E-state index in [4.69, 9.17) is 0 Å². The fourth-order valence-corrected chi connectivity index (χ4v) is 3.16. The number of carboxylic acid groups (broad SMARTS) is 2. The van der Waals surface area contributed by atoms with Crippen LogP contribution in [0.2, 0.25) is 0 Å². The third-order valence-corrected chi connectivity index (χ3v) is 5.25. The fraction of sp³-hybridized carbons (Fsp3) is 0.538. The first-order chi connectivity index (χ1) is 14.2. The van der Waals surface area contributed by atoms with Gasteiger partial charge in [-0.15, -0.1) is 0 Å². The molecule has 1 unspecified atom stereocenters. The third-order valence-electron chi connectivity index (χ3n) is 5.25. The highest BCUT2D eigenvalue weighted by molar-refractivity contribution is 5.79. The molecule has 0 aliphatic carbocycles. The van der Waals surface area contributed by atoms with Crippen molar-refractivity contribution in [2.24, 2.45) is 5.92 Å². The molecule has 0 aromatic carbocycles. The van der Waals surface area contributed by atoms with Crippen molar-refractivity contribution in [3.8, 4) is 0 Å². The largest absolute Gasteiger partial charge is 0.550 e. The van der Waals surface area contributed by atoms with Gasteiger partial charge in [0.25, 0.3) is 0 Å². The number of carboxylic acids is 2. The van der Waals surface area contributed by atoms with Crippen molar-refractivity contribution in [2.75, 3.05) is 0 Å². The lowest BCUT2D eigenvalue weighted by molar-refractivity contribution is -0.319. The summed E-state index contributed by atoms with van der Waals surface area (Å²) in [5, 5.41) is 21.8. The molecule has 0 fully saturated rings. The monoisotopic (exact) mass is 414 g/mol. The molecule has 0 spiro atoms. The van der Waals surface area contributed by atoms with Crippen molar-refractivity contribution in [3.05, 3.63) is 60.8 Å². The van der Waals surface area contributed by atoms with Crippen LogP contribution in [0.3, 0.4) is 0 Å². The van der Waals surface area contributed by atoms with Gasteiger partial charge in [0, 0.05) is 17.9 Å². The molecule has 0 aromatic heterocycles. The van der Waals surface area contributed by atoms with E-state index >= 15 is 0 Å². The molecule has 0 amide bonds. The highest BCUT2D eigenvalue weighted by Gasteiger charge is 2.13.